The average molecular weight is 705 g/mol. The van der Waals surface area contributed by atoms with Gasteiger partial charge in [-0.25, -0.2) is 0 Å². The minimum absolute atomic E-state index is 0.0614. The molecule has 0 aromatic rings. The molecular formula is C32H56N4O13. The zero-order valence-electron chi connectivity index (χ0n) is 28.8. The maximum Gasteiger partial charge on any atom is 0.253 e. The standard InChI is InChI=1S/C32H56N4O13/c1-42-13-14-44-17-18-46-21-22-48-25-26-49-24-23-47-20-19-45-16-15-43-12-10-34-32(41)27(6-7-28(33)37)35-29(38)5-3-2-4-11-36-30(39)8-9-31(36)40/h8-9,27H,2-7,10-26H2,1H3,(H2,33,37)(H,34,41)(H,35,38). The number of amides is 5. The van der Waals surface area contributed by atoms with Crippen molar-refractivity contribution in [1.82, 2.24) is 15.5 Å². The van der Waals surface area contributed by atoms with Crippen molar-refractivity contribution < 1.29 is 61.9 Å². The molecule has 0 bridgehead atoms. The van der Waals surface area contributed by atoms with Gasteiger partial charge in [-0.05, 0) is 19.3 Å². The molecule has 1 rings (SSSR count). The van der Waals surface area contributed by atoms with Gasteiger partial charge < -0.3 is 54.3 Å². The molecule has 17 nitrogen and oxygen atoms in total. The van der Waals surface area contributed by atoms with Gasteiger partial charge >= 0.3 is 0 Å². The lowest BCUT2D eigenvalue weighted by atomic mass is 10.1. The van der Waals surface area contributed by atoms with Crippen LogP contribution in [0.1, 0.15) is 38.5 Å². The van der Waals surface area contributed by atoms with Gasteiger partial charge in [-0.3, -0.25) is 28.9 Å². The van der Waals surface area contributed by atoms with Gasteiger partial charge in [-0.15, -0.1) is 0 Å². The average Bonchev–Trinajstić information content (AvgIpc) is 3.40. The summed E-state index contributed by atoms with van der Waals surface area (Å²) in [5, 5.41) is 5.34. The number of nitrogens with zero attached hydrogens (tertiary/aromatic N) is 1. The largest absolute Gasteiger partial charge is 0.382 e. The number of carbonyl (C=O) groups excluding carboxylic acids is 5. The number of rotatable bonds is 35. The summed E-state index contributed by atoms with van der Waals surface area (Å²) in [5.41, 5.74) is 5.23. The molecule has 0 aromatic carbocycles. The van der Waals surface area contributed by atoms with Crippen LogP contribution in [0.25, 0.3) is 0 Å². The first-order valence-corrected chi connectivity index (χ1v) is 16.8. The highest BCUT2D eigenvalue weighted by Gasteiger charge is 2.23. The predicted molar refractivity (Wildman–Crippen MR) is 175 cm³/mol. The number of unbranched alkanes of at least 4 members (excludes halogenated alkanes) is 2. The van der Waals surface area contributed by atoms with Crippen LogP contribution < -0.4 is 16.4 Å². The molecule has 0 saturated heterocycles. The Hall–Kier alpha value is -3.03. The summed E-state index contributed by atoms with van der Waals surface area (Å²) in [6.45, 7) is 7.22. The van der Waals surface area contributed by atoms with Crippen LogP contribution in [0, 0.1) is 0 Å². The van der Waals surface area contributed by atoms with Crippen LogP contribution in [0.3, 0.4) is 0 Å². The minimum atomic E-state index is -0.916. The molecule has 0 radical (unpaired) electrons. The summed E-state index contributed by atoms with van der Waals surface area (Å²) >= 11 is 0. The fourth-order valence-corrected chi connectivity index (χ4v) is 4.14. The molecule has 1 unspecified atom stereocenters. The molecule has 1 aliphatic rings. The van der Waals surface area contributed by atoms with Crippen molar-refractivity contribution >= 4 is 29.5 Å². The van der Waals surface area contributed by atoms with E-state index in [9.17, 15) is 24.0 Å². The quantitative estimate of drug-likeness (QED) is 0.0540. The first-order valence-electron chi connectivity index (χ1n) is 16.8. The molecule has 1 atom stereocenters. The first kappa shape index (κ1) is 44.0. The van der Waals surface area contributed by atoms with E-state index in [1.807, 2.05) is 0 Å². The molecule has 0 saturated carbocycles. The molecule has 0 aliphatic carbocycles. The lowest BCUT2D eigenvalue weighted by Crippen LogP contribution is -2.47. The number of carbonyl (C=O) groups is 5. The molecule has 5 amide bonds. The Morgan fingerprint density at radius 1 is 0.653 bits per heavy atom. The fraction of sp³-hybridized carbons (Fsp3) is 0.781. The molecule has 1 heterocycles. The molecule has 17 heteroatoms. The summed E-state index contributed by atoms with van der Waals surface area (Å²) in [5.74, 6) is -2.03. The lowest BCUT2D eigenvalue weighted by molar-refractivity contribution is -0.137. The van der Waals surface area contributed by atoms with Crippen molar-refractivity contribution in [3.05, 3.63) is 12.2 Å². The van der Waals surface area contributed by atoms with Gasteiger partial charge in [0.2, 0.25) is 17.7 Å². The first-order chi connectivity index (χ1) is 23.8. The SMILES string of the molecule is COCCOCCOCCOCCOCCOCCOCCOCCNC(=O)C(CCC(N)=O)NC(=O)CCCCCN1C(=O)C=CC1=O. The summed E-state index contributed by atoms with van der Waals surface area (Å²) in [7, 11) is 1.63. The van der Waals surface area contributed by atoms with Gasteiger partial charge in [-0.1, -0.05) is 6.42 Å². The highest BCUT2D eigenvalue weighted by molar-refractivity contribution is 6.12. The van der Waals surface area contributed by atoms with Gasteiger partial charge in [0, 0.05) is 45.2 Å². The Morgan fingerprint density at radius 3 is 1.55 bits per heavy atom. The number of imide groups is 1. The normalized spacial score (nSPS) is 13.3. The van der Waals surface area contributed by atoms with E-state index in [2.05, 4.69) is 10.6 Å². The maximum atomic E-state index is 12.6. The zero-order valence-corrected chi connectivity index (χ0v) is 28.8. The Bertz CT molecular complexity index is 936. The molecule has 1 aliphatic heterocycles. The monoisotopic (exact) mass is 704 g/mol. The Balaban J connectivity index is 1.96. The van der Waals surface area contributed by atoms with E-state index in [4.69, 9.17) is 43.6 Å². The van der Waals surface area contributed by atoms with Crippen molar-refractivity contribution in [2.75, 3.05) is 119 Å². The van der Waals surface area contributed by atoms with Crippen LogP contribution in [-0.4, -0.2) is 160 Å². The van der Waals surface area contributed by atoms with Gasteiger partial charge in [0.1, 0.15) is 6.04 Å². The van der Waals surface area contributed by atoms with E-state index >= 15 is 0 Å². The van der Waals surface area contributed by atoms with Crippen molar-refractivity contribution in [1.29, 1.82) is 0 Å². The van der Waals surface area contributed by atoms with Crippen LogP contribution >= 0.6 is 0 Å². The van der Waals surface area contributed by atoms with E-state index in [1.165, 1.54) is 12.2 Å². The molecular weight excluding hydrogens is 648 g/mol. The van der Waals surface area contributed by atoms with Gasteiger partial charge in [0.25, 0.3) is 11.8 Å². The second kappa shape index (κ2) is 31.0. The highest BCUT2D eigenvalue weighted by atomic mass is 16.6. The van der Waals surface area contributed by atoms with Gasteiger partial charge in [-0.2, -0.15) is 0 Å². The van der Waals surface area contributed by atoms with E-state index < -0.39 is 17.9 Å². The molecule has 282 valence electrons. The van der Waals surface area contributed by atoms with Gasteiger partial charge in [0.15, 0.2) is 0 Å². The van der Waals surface area contributed by atoms with Gasteiger partial charge in [0.05, 0.1) is 99.1 Å². The van der Waals surface area contributed by atoms with Crippen LogP contribution in [0.15, 0.2) is 12.2 Å². The number of ether oxygens (including phenoxy) is 8. The number of primary amides is 1. The van der Waals surface area contributed by atoms with E-state index in [0.29, 0.717) is 118 Å². The Labute approximate surface area is 288 Å². The number of methoxy groups -OCH3 is 1. The molecule has 4 N–H and O–H groups in total. The summed E-state index contributed by atoms with van der Waals surface area (Å²) < 4.78 is 42.8. The number of nitrogens with two attached hydrogens (primary N) is 1. The van der Waals surface area contributed by atoms with E-state index in [0.717, 1.165) is 4.90 Å². The van der Waals surface area contributed by atoms with Crippen molar-refractivity contribution in [2.45, 2.75) is 44.6 Å². The second-order valence-corrected chi connectivity index (χ2v) is 10.7. The molecule has 49 heavy (non-hydrogen) atoms. The Kier molecular flexibility index (Phi) is 27.8. The minimum Gasteiger partial charge on any atom is -0.382 e. The summed E-state index contributed by atoms with van der Waals surface area (Å²) in [4.78, 5) is 60.6. The van der Waals surface area contributed by atoms with E-state index in [1.54, 1.807) is 7.11 Å². The zero-order chi connectivity index (χ0) is 35.8. The number of nitrogens with one attached hydrogen (secondary N) is 2. The molecule has 0 aromatic heterocycles. The number of hydrogen-bond acceptors (Lipinski definition) is 13. The van der Waals surface area contributed by atoms with Crippen LogP contribution in [-0.2, 0) is 61.9 Å². The van der Waals surface area contributed by atoms with Crippen LogP contribution in [0.2, 0.25) is 0 Å². The highest BCUT2D eigenvalue weighted by Crippen LogP contribution is 2.08. The fourth-order valence-electron chi connectivity index (χ4n) is 4.14. The number of hydrogen-bond donors (Lipinski definition) is 3. The lowest BCUT2D eigenvalue weighted by Gasteiger charge is -2.18. The summed E-state index contributed by atoms with van der Waals surface area (Å²) in [6, 6.07) is -0.916. The Morgan fingerprint density at radius 2 is 1.10 bits per heavy atom. The van der Waals surface area contributed by atoms with Crippen molar-refractivity contribution in [2.24, 2.45) is 5.73 Å². The van der Waals surface area contributed by atoms with Crippen molar-refractivity contribution in [3.63, 3.8) is 0 Å². The third-order valence-corrected chi connectivity index (χ3v) is 6.73. The third-order valence-electron chi connectivity index (χ3n) is 6.73. The summed E-state index contributed by atoms with van der Waals surface area (Å²) in [6.07, 6.45) is 4.32. The maximum absolute atomic E-state index is 12.6. The van der Waals surface area contributed by atoms with E-state index in [-0.39, 0.29) is 50.1 Å². The topological polar surface area (TPSA) is 213 Å². The van der Waals surface area contributed by atoms with Crippen LogP contribution in [0.5, 0.6) is 0 Å². The second-order valence-electron chi connectivity index (χ2n) is 10.7. The molecule has 0 fully saturated rings. The van der Waals surface area contributed by atoms with Crippen LogP contribution in [0.4, 0.5) is 0 Å². The third kappa shape index (κ3) is 25.6. The molecule has 0 spiro atoms. The smallest absolute Gasteiger partial charge is 0.253 e. The predicted octanol–water partition coefficient (Wildman–Crippen LogP) is -0.899. The van der Waals surface area contributed by atoms with Crippen molar-refractivity contribution in [3.8, 4) is 0 Å².